The third kappa shape index (κ3) is 14.6. The van der Waals surface area contributed by atoms with Crippen molar-refractivity contribution in [2.24, 2.45) is 11.8 Å². The van der Waals surface area contributed by atoms with Gasteiger partial charge in [-0.1, -0.05) is 40.5 Å². The van der Waals surface area contributed by atoms with Gasteiger partial charge in [-0.15, -0.1) is 0 Å². The third-order valence-corrected chi connectivity index (χ3v) is 4.08. The first-order valence-electron chi connectivity index (χ1n) is 8.94. The van der Waals surface area contributed by atoms with Crippen molar-refractivity contribution >= 4 is 0 Å². The first-order valence-corrected chi connectivity index (χ1v) is 8.94. The van der Waals surface area contributed by atoms with Gasteiger partial charge in [-0.2, -0.15) is 0 Å². The van der Waals surface area contributed by atoms with Gasteiger partial charge in [-0.05, 0) is 38.1 Å². The summed E-state index contributed by atoms with van der Waals surface area (Å²) in [6, 6.07) is 0. The maximum Gasteiger partial charge on any atom is 0.0701 e. The second kappa shape index (κ2) is 14.8. The van der Waals surface area contributed by atoms with E-state index in [0.717, 1.165) is 44.8 Å². The summed E-state index contributed by atoms with van der Waals surface area (Å²) < 4.78 is 11.2. The van der Waals surface area contributed by atoms with Crippen molar-refractivity contribution in [2.75, 3.05) is 46.6 Å². The number of nitrogens with zero attached hydrogens (tertiary/aromatic N) is 1. The van der Waals surface area contributed by atoms with Gasteiger partial charge in [0.1, 0.15) is 0 Å². The van der Waals surface area contributed by atoms with E-state index < -0.39 is 0 Å². The van der Waals surface area contributed by atoms with Crippen molar-refractivity contribution in [1.29, 1.82) is 0 Å². The van der Waals surface area contributed by atoms with Crippen LogP contribution >= 0.6 is 0 Å². The molecule has 2 atom stereocenters. The van der Waals surface area contributed by atoms with Gasteiger partial charge in [-0.3, -0.25) is 0 Å². The predicted octanol–water partition coefficient (Wildman–Crippen LogP) is 4.21. The van der Waals surface area contributed by atoms with Crippen LogP contribution in [0.1, 0.15) is 59.8 Å². The molecular formula is C18H39NO2. The monoisotopic (exact) mass is 301 g/mol. The highest BCUT2D eigenvalue weighted by atomic mass is 16.5. The molecule has 0 aromatic heterocycles. The van der Waals surface area contributed by atoms with Crippen LogP contribution in [0.5, 0.6) is 0 Å². The standard InChI is InChI=1S/C18H39NO2/c1-6-9-18(4)16-19(5)11-13-21-15-14-20-12-8-10-17(3)7-2/h17-18H,6-16H2,1-5H3. The number of likely N-dealkylation sites (N-methyl/N-ethyl adjacent to an activating group) is 1. The number of hydrogen-bond acceptors (Lipinski definition) is 3. The lowest BCUT2D eigenvalue weighted by atomic mass is 10.0. The molecule has 0 aliphatic carbocycles. The Bertz CT molecular complexity index is 211. The summed E-state index contributed by atoms with van der Waals surface area (Å²) in [4.78, 5) is 2.37. The Hall–Kier alpha value is -0.120. The molecule has 0 N–H and O–H groups in total. The van der Waals surface area contributed by atoms with E-state index in [1.165, 1.54) is 38.6 Å². The van der Waals surface area contributed by atoms with Crippen LogP contribution in [-0.4, -0.2) is 51.5 Å². The molecule has 0 aromatic carbocycles. The Kier molecular flexibility index (Phi) is 14.7. The summed E-state index contributed by atoms with van der Waals surface area (Å²) in [5.74, 6) is 1.62. The van der Waals surface area contributed by atoms with Crippen LogP contribution in [0.2, 0.25) is 0 Å². The average Bonchev–Trinajstić information content (AvgIpc) is 2.45. The minimum Gasteiger partial charge on any atom is -0.379 e. The fourth-order valence-electron chi connectivity index (χ4n) is 2.49. The summed E-state index contributed by atoms with van der Waals surface area (Å²) in [7, 11) is 2.18. The highest BCUT2D eigenvalue weighted by molar-refractivity contribution is 4.58. The zero-order valence-electron chi connectivity index (χ0n) is 15.2. The molecule has 0 radical (unpaired) electrons. The van der Waals surface area contributed by atoms with E-state index in [0.29, 0.717) is 0 Å². The van der Waals surface area contributed by atoms with E-state index in [1.54, 1.807) is 0 Å². The van der Waals surface area contributed by atoms with Gasteiger partial charge in [0.15, 0.2) is 0 Å². The minimum atomic E-state index is 0.724. The van der Waals surface area contributed by atoms with E-state index in [2.05, 4.69) is 39.6 Å². The van der Waals surface area contributed by atoms with Crippen LogP contribution in [0.25, 0.3) is 0 Å². The highest BCUT2D eigenvalue weighted by Crippen LogP contribution is 2.08. The van der Waals surface area contributed by atoms with E-state index in [-0.39, 0.29) is 0 Å². The van der Waals surface area contributed by atoms with Crippen molar-refractivity contribution in [2.45, 2.75) is 59.8 Å². The van der Waals surface area contributed by atoms with Crippen LogP contribution in [0, 0.1) is 11.8 Å². The van der Waals surface area contributed by atoms with E-state index in [9.17, 15) is 0 Å². The quantitative estimate of drug-likeness (QED) is 0.423. The largest absolute Gasteiger partial charge is 0.379 e. The lowest BCUT2D eigenvalue weighted by Gasteiger charge is -2.20. The smallest absolute Gasteiger partial charge is 0.0701 e. The summed E-state index contributed by atoms with van der Waals surface area (Å²) in [6.45, 7) is 14.5. The summed E-state index contributed by atoms with van der Waals surface area (Å²) in [5, 5.41) is 0. The van der Waals surface area contributed by atoms with Crippen LogP contribution in [-0.2, 0) is 9.47 Å². The van der Waals surface area contributed by atoms with Gasteiger partial charge in [0.25, 0.3) is 0 Å². The Labute approximate surface area is 133 Å². The Morgan fingerprint density at radius 2 is 1.52 bits per heavy atom. The molecule has 21 heavy (non-hydrogen) atoms. The number of rotatable bonds is 15. The first kappa shape index (κ1) is 20.9. The molecule has 0 fully saturated rings. The van der Waals surface area contributed by atoms with Crippen LogP contribution in [0.4, 0.5) is 0 Å². The lowest BCUT2D eigenvalue weighted by Crippen LogP contribution is -2.28. The van der Waals surface area contributed by atoms with Crippen molar-refractivity contribution in [1.82, 2.24) is 4.90 Å². The van der Waals surface area contributed by atoms with Gasteiger partial charge in [0.05, 0.1) is 19.8 Å². The molecule has 0 rings (SSSR count). The topological polar surface area (TPSA) is 21.7 Å². The van der Waals surface area contributed by atoms with Crippen LogP contribution < -0.4 is 0 Å². The molecule has 0 saturated carbocycles. The Morgan fingerprint density at radius 1 is 0.857 bits per heavy atom. The van der Waals surface area contributed by atoms with Crippen molar-refractivity contribution < 1.29 is 9.47 Å². The van der Waals surface area contributed by atoms with Crippen LogP contribution in [0.3, 0.4) is 0 Å². The van der Waals surface area contributed by atoms with Crippen molar-refractivity contribution in [3.05, 3.63) is 0 Å². The van der Waals surface area contributed by atoms with Crippen molar-refractivity contribution in [3.8, 4) is 0 Å². The molecule has 2 unspecified atom stereocenters. The molecule has 0 bridgehead atoms. The van der Waals surface area contributed by atoms with Crippen molar-refractivity contribution in [3.63, 3.8) is 0 Å². The predicted molar refractivity (Wildman–Crippen MR) is 91.9 cm³/mol. The molecule has 0 aromatic rings. The van der Waals surface area contributed by atoms with E-state index in [1.807, 2.05) is 0 Å². The minimum absolute atomic E-state index is 0.724. The molecule has 0 saturated heterocycles. The van der Waals surface area contributed by atoms with Gasteiger partial charge in [0.2, 0.25) is 0 Å². The summed E-state index contributed by atoms with van der Waals surface area (Å²) >= 11 is 0. The first-order chi connectivity index (χ1) is 10.1. The molecule has 0 spiro atoms. The van der Waals surface area contributed by atoms with Gasteiger partial charge < -0.3 is 14.4 Å². The molecule has 0 amide bonds. The van der Waals surface area contributed by atoms with E-state index >= 15 is 0 Å². The average molecular weight is 302 g/mol. The zero-order valence-corrected chi connectivity index (χ0v) is 15.2. The fourth-order valence-corrected chi connectivity index (χ4v) is 2.49. The normalized spacial score (nSPS) is 14.6. The molecule has 3 nitrogen and oxygen atoms in total. The third-order valence-electron chi connectivity index (χ3n) is 4.08. The highest BCUT2D eigenvalue weighted by Gasteiger charge is 2.05. The molecule has 128 valence electrons. The number of hydrogen-bond donors (Lipinski definition) is 0. The SMILES string of the molecule is CCCC(C)CN(C)CCOCCOCCCC(C)CC. The lowest BCUT2D eigenvalue weighted by molar-refractivity contribution is 0.0379. The maximum absolute atomic E-state index is 5.63. The molecule has 0 aliphatic rings. The zero-order chi connectivity index (χ0) is 15.9. The Balaban J connectivity index is 3.24. The van der Waals surface area contributed by atoms with Gasteiger partial charge in [-0.25, -0.2) is 0 Å². The fraction of sp³-hybridized carbons (Fsp3) is 1.00. The van der Waals surface area contributed by atoms with Crippen LogP contribution in [0.15, 0.2) is 0 Å². The molecular weight excluding hydrogens is 262 g/mol. The second-order valence-electron chi connectivity index (χ2n) is 6.54. The van der Waals surface area contributed by atoms with Gasteiger partial charge >= 0.3 is 0 Å². The molecule has 0 aliphatic heterocycles. The van der Waals surface area contributed by atoms with Gasteiger partial charge in [0, 0.05) is 19.7 Å². The summed E-state index contributed by atoms with van der Waals surface area (Å²) in [5.41, 5.74) is 0. The maximum atomic E-state index is 5.63. The Morgan fingerprint density at radius 3 is 2.14 bits per heavy atom. The molecule has 3 heteroatoms. The van der Waals surface area contributed by atoms with E-state index in [4.69, 9.17) is 9.47 Å². The second-order valence-corrected chi connectivity index (χ2v) is 6.54. The number of ether oxygens (including phenoxy) is 2. The molecule has 0 heterocycles. The summed E-state index contributed by atoms with van der Waals surface area (Å²) in [6.07, 6.45) is 6.31.